The van der Waals surface area contributed by atoms with Crippen LogP contribution in [0.2, 0.25) is 0 Å². The average molecular weight is 571 g/mol. The van der Waals surface area contributed by atoms with Crippen LogP contribution in [0, 0.1) is 0 Å². The van der Waals surface area contributed by atoms with Gasteiger partial charge in [-0.2, -0.15) is 0 Å². The van der Waals surface area contributed by atoms with Crippen molar-refractivity contribution in [1.29, 1.82) is 0 Å². The summed E-state index contributed by atoms with van der Waals surface area (Å²) in [5.74, 6) is 0. The van der Waals surface area contributed by atoms with Gasteiger partial charge in [0.05, 0.1) is 0 Å². The summed E-state index contributed by atoms with van der Waals surface area (Å²) in [4.78, 5) is 0. The molecule has 42 heavy (non-hydrogen) atoms. The van der Waals surface area contributed by atoms with E-state index in [-0.39, 0.29) is 0 Å². The van der Waals surface area contributed by atoms with Gasteiger partial charge in [0.25, 0.3) is 0 Å². The van der Waals surface area contributed by atoms with Gasteiger partial charge in [-0.15, -0.1) is 0 Å². The van der Waals surface area contributed by atoms with E-state index in [9.17, 15) is 0 Å². The molecule has 0 aromatic heterocycles. The second-order valence-electron chi connectivity index (χ2n) is 10.8. The van der Waals surface area contributed by atoms with Crippen LogP contribution in [-0.2, 0) is 11.8 Å². The van der Waals surface area contributed by atoms with Gasteiger partial charge in [-0.25, -0.2) is 0 Å². The summed E-state index contributed by atoms with van der Waals surface area (Å²) in [5.41, 5.74) is 2.49. The molecule has 198 valence electrons. The molecule has 0 atom stereocenters. The first-order valence-corrected chi connectivity index (χ1v) is 17.1. The van der Waals surface area contributed by atoms with Crippen LogP contribution in [0.3, 0.4) is 0 Å². The number of benzene rings is 8. The molecule has 0 saturated heterocycles. The summed E-state index contributed by atoms with van der Waals surface area (Å²) in [6.07, 6.45) is 0. The fourth-order valence-corrected chi connectivity index (χ4v) is 10.3. The van der Waals surface area contributed by atoms with Crippen molar-refractivity contribution in [1.82, 2.24) is 0 Å². The lowest BCUT2D eigenvalue weighted by Gasteiger charge is -2.24. The maximum absolute atomic E-state index is 6.64. The zero-order valence-electron chi connectivity index (χ0n) is 22.9. The summed E-state index contributed by atoms with van der Waals surface area (Å²) in [6, 6.07) is 57.2. The third-order valence-electron chi connectivity index (χ3n) is 8.51. The zero-order chi connectivity index (χ0) is 28.1. The van der Waals surface area contributed by atoms with E-state index < -0.39 is 6.04 Å². The third kappa shape index (κ3) is 3.93. The summed E-state index contributed by atoms with van der Waals surface area (Å²) < 4.78 is 0. The van der Waals surface area contributed by atoms with Crippen LogP contribution in [0.4, 0.5) is 0 Å². The second-order valence-corrected chi connectivity index (χ2v) is 15.3. The fourth-order valence-electron chi connectivity index (χ4n) is 6.51. The highest BCUT2D eigenvalue weighted by atomic mass is 32.4. The maximum atomic E-state index is 6.64. The molecule has 0 aliphatic carbocycles. The SMILES string of the molecule is S=P(c1ccccc1)(c1ccccc1)c1ccc(-c2c3ccc4ccccc4c3cc3ccc4ccccc4c23)cc1. The predicted octanol–water partition coefficient (Wildman–Crippen LogP) is 9.72. The lowest BCUT2D eigenvalue weighted by molar-refractivity contribution is 1.71. The molecule has 0 heterocycles. The van der Waals surface area contributed by atoms with Gasteiger partial charge in [-0.05, 0) is 76.2 Å². The van der Waals surface area contributed by atoms with Crippen molar-refractivity contribution in [3.05, 3.63) is 164 Å². The topological polar surface area (TPSA) is 0 Å². The highest BCUT2D eigenvalue weighted by molar-refractivity contribution is 8.25. The Morgan fingerprint density at radius 2 is 0.857 bits per heavy atom. The van der Waals surface area contributed by atoms with E-state index in [4.69, 9.17) is 11.8 Å². The van der Waals surface area contributed by atoms with E-state index in [2.05, 4.69) is 164 Å². The average Bonchev–Trinajstić information content (AvgIpc) is 3.07. The van der Waals surface area contributed by atoms with Crippen LogP contribution >= 0.6 is 6.04 Å². The Balaban J connectivity index is 1.42. The standard InChI is InChI=1S/C40H27PS/c42-41(32-13-3-1-4-14-32,33-15-5-2-6-16-33)34-24-21-30(22-25-34)39-37-26-23-28-11-7-9-17-35(28)38(37)27-31-20-19-29-12-8-10-18-36(29)40(31)39/h1-27H. The lowest BCUT2D eigenvalue weighted by atomic mass is 9.87. The van der Waals surface area contributed by atoms with Crippen molar-refractivity contribution in [3.63, 3.8) is 0 Å². The number of hydrogen-bond donors (Lipinski definition) is 0. The molecule has 8 aromatic rings. The summed E-state index contributed by atoms with van der Waals surface area (Å²) in [6.45, 7) is 0. The van der Waals surface area contributed by atoms with Crippen molar-refractivity contribution in [2.75, 3.05) is 0 Å². The summed E-state index contributed by atoms with van der Waals surface area (Å²) in [7, 11) is 0. The van der Waals surface area contributed by atoms with Gasteiger partial charge < -0.3 is 0 Å². The highest BCUT2D eigenvalue weighted by Crippen LogP contribution is 2.45. The molecular formula is C40H27PS. The van der Waals surface area contributed by atoms with E-state index in [1.54, 1.807) is 0 Å². The molecule has 0 aliphatic rings. The molecule has 0 nitrogen and oxygen atoms in total. The van der Waals surface area contributed by atoms with Gasteiger partial charge in [-0.1, -0.05) is 170 Å². The van der Waals surface area contributed by atoms with E-state index in [1.807, 2.05) is 0 Å². The van der Waals surface area contributed by atoms with E-state index >= 15 is 0 Å². The normalized spacial score (nSPS) is 11.9. The minimum absolute atomic E-state index is 1.21. The Kier molecular flexibility index (Phi) is 6.04. The maximum Gasteiger partial charge on any atom is 0.0379 e. The summed E-state index contributed by atoms with van der Waals surface area (Å²) >= 11 is 6.64. The molecule has 0 radical (unpaired) electrons. The molecule has 0 spiro atoms. The van der Waals surface area contributed by atoms with Gasteiger partial charge in [0.2, 0.25) is 0 Å². The highest BCUT2D eigenvalue weighted by Gasteiger charge is 2.25. The molecule has 0 bridgehead atoms. The van der Waals surface area contributed by atoms with Crippen LogP contribution in [0.25, 0.3) is 54.2 Å². The molecule has 0 aliphatic heterocycles. The first-order valence-electron chi connectivity index (χ1n) is 14.3. The minimum atomic E-state index is -2.22. The Bertz CT molecular complexity index is 2260. The van der Waals surface area contributed by atoms with Crippen LogP contribution in [0.5, 0.6) is 0 Å². The number of rotatable bonds is 4. The van der Waals surface area contributed by atoms with Crippen molar-refractivity contribution < 1.29 is 0 Å². The number of fused-ring (bicyclic) bond motifs is 6. The van der Waals surface area contributed by atoms with Gasteiger partial charge in [0, 0.05) is 6.04 Å². The molecule has 8 rings (SSSR count). The lowest BCUT2D eigenvalue weighted by Crippen LogP contribution is -2.24. The Morgan fingerprint density at radius 1 is 0.357 bits per heavy atom. The fraction of sp³-hybridized carbons (Fsp3) is 0. The Hall–Kier alpha value is -4.55. The molecule has 8 aromatic carbocycles. The van der Waals surface area contributed by atoms with Crippen molar-refractivity contribution in [3.8, 4) is 11.1 Å². The third-order valence-corrected chi connectivity index (χ3v) is 13.5. The van der Waals surface area contributed by atoms with Gasteiger partial charge >= 0.3 is 0 Å². The van der Waals surface area contributed by atoms with Crippen LogP contribution in [0.1, 0.15) is 0 Å². The van der Waals surface area contributed by atoms with E-state index in [0.29, 0.717) is 0 Å². The minimum Gasteiger partial charge on any atom is -0.0826 e. The Morgan fingerprint density at radius 3 is 1.52 bits per heavy atom. The quantitative estimate of drug-likeness (QED) is 0.115. The predicted molar refractivity (Wildman–Crippen MR) is 188 cm³/mol. The summed E-state index contributed by atoms with van der Waals surface area (Å²) in [5, 5.41) is 13.8. The molecular weight excluding hydrogens is 543 g/mol. The number of hydrogen-bond acceptors (Lipinski definition) is 1. The van der Waals surface area contributed by atoms with Gasteiger partial charge in [0.15, 0.2) is 0 Å². The largest absolute Gasteiger partial charge is 0.0826 e. The first-order chi connectivity index (χ1) is 20.7. The smallest absolute Gasteiger partial charge is 0.0379 e. The molecule has 0 unspecified atom stereocenters. The van der Waals surface area contributed by atoms with E-state index in [0.717, 1.165) is 0 Å². The monoisotopic (exact) mass is 570 g/mol. The van der Waals surface area contributed by atoms with Crippen LogP contribution in [0.15, 0.2) is 164 Å². The first kappa shape index (κ1) is 25.2. The van der Waals surface area contributed by atoms with E-state index in [1.165, 1.54) is 70.1 Å². The van der Waals surface area contributed by atoms with Crippen molar-refractivity contribution >= 4 is 76.8 Å². The van der Waals surface area contributed by atoms with Crippen molar-refractivity contribution in [2.45, 2.75) is 0 Å². The second kappa shape index (κ2) is 10.1. The van der Waals surface area contributed by atoms with Crippen molar-refractivity contribution in [2.24, 2.45) is 0 Å². The molecule has 0 amide bonds. The van der Waals surface area contributed by atoms with Crippen LogP contribution in [-0.4, -0.2) is 0 Å². The molecule has 0 saturated carbocycles. The molecule has 2 heteroatoms. The molecule has 0 N–H and O–H groups in total. The van der Waals surface area contributed by atoms with Gasteiger partial charge in [0.1, 0.15) is 0 Å². The Labute approximate surface area is 250 Å². The van der Waals surface area contributed by atoms with Gasteiger partial charge in [-0.3, -0.25) is 0 Å². The zero-order valence-corrected chi connectivity index (χ0v) is 24.7. The van der Waals surface area contributed by atoms with Crippen LogP contribution < -0.4 is 15.9 Å². The molecule has 0 fully saturated rings.